The van der Waals surface area contributed by atoms with Crippen molar-refractivity contribution in [2.45, 2.75) is 0 Å². The Labute approximate surface area is 237 Å². The van der Waals surface area contributed by atoms with Gasteiger partial charge in [0.1, 0.15) is 5.82 Å². The second-order valence-electron chi connectivity index (χ2n) is 10.2. The molecule has 0 saturated carbocycles. The molecular formula is C36H25N5. The van der Waals surface area contributed by atoms with Gasteiger partial charge in [0.05, 0.1) is 33.5 Å². The van der Waals surface area contributed by atoms with Gasteiger partial charge in [-0.2, -0.15) is 0 Å². The highest BCUT2D eigenvalue weighted by Crippen LogP contribution is 2.40. The molecule has 8 aromatic rings. The molecule has 0 aliphatic carbocycles. The molecular weight excluding hydrogens is 502 g/mol. The first kappa shape index (κ1) is 23.3. The number of hydrogen-bond acceptors (Lipinski definition) is 3. The van der Waals surface area contributed by atoms with Crippen LogP contribution in [-0.2, 0) is 7.05 Å². The van der Waals surface area contributed by atoms with Gasteiger partial charge in [-0.25, -0.2) is 4.98 Å². The Kier molecular flexibility index (Phi) is 5.28. The number of nitrogens with zero attached hydrogens (tertiary/aromatic N) is 5. The average Bonchev–Trinajstić information content (AvgIpc) is 3.55. The van der Waals surface area contributed by atoms with Crippen LogP contribution in [0.4, 0.5) is 0 Å². The second kappa shape index (κ2) is 9.28. The molecule has 0 aliphatic heterocycles. The number of para-hydroxylation sites is 3. The molecule has 0 radical (unpaired) electrons. The van der Waals surface area contributed by atoms with Gasteiger partial charge in [-0.3, -0.25) is 9.97 Å². The summed E-state index contributed by atoms with van der Waals surface area (Å²) in [5.74, 6) is 0.910. The van der Waals surface area contributed by atoms with E-state index < -0.39 is 0 Å². The fourth-order valence-electron chi connectivity index (χ4n) is 5.94. The van der Waals surface area contributed by atoms with Gasteiger partial charge in [-0.15, -0.1) is 0 Å². The van der Waals surface area contributed by atoms with Crippen molar-refractivity contribution < 1.29 is 0 Å². The average molecular weight is 528 g/mol. The lowest BCUT2D eigenvalue weighted by atomic mass is 9.99. The molecule has 0 N–H and O–H groups in total. The molecule has 0 fully saturated rings. The van der Waals surface area contributed by atoms with Gasteiger partial charge < -0.3 is 9.13 Å². The number of benzene rings is 4. The topological polar surface area (TPSA) is 48.5 Å². The van der Waals surface area contributed by atoms with Crippen LogP contribution < -0.4 is 0 Å². The molecule has 194 valence electrons. The Morgan fingerprint density at radius 2 is 1.27 bits per heavy atom. The predicted molar refractivity (Wildman–Crippen MR) is 167 cm³/mol. The van der Waals surface area contributed by atoms with E-state index in [9.17, 15) is 0 Å². The Bertz CT molecular complexity index is 2210. The van der Waals surface area contributed by atoms with Crippen molar-refractivity contribution in [3.63, 3.8) is 0 Å². The molecule has 0 unspecified atom stereocenters. The molecule has 4 aromatic heterocycles. The minimum atomic E-state index is 0.910. The first-order valence-corrected chi connectivity index (χ1v) is 13.7. The lowest BCUT2D eigenvalue weighted by molar-refractivity contribution is 0.959. The van der Waals surface area contributed by atoms with Crippen molar-refractivity contribution >= 4 is 32.8 Å². The van der Waals surface area contributed by atoms with E-state index in [4.69, 9.17) is 9.97 Å². The van der Waals surface area contributed by atoms with Gasteiger partial charge in [0, 0.05) is 52.6 Å². The lowest BCUT2D eigenvalue weighted by Gasteiger charge is -2.13. The molecule has 0 aliphatic rings. The van der Waals surface area contributed by atoms with Crippen LogP contribution in [-0.4, -0.2) is 24.1 Å². The molecule has 0 amide bonds. The number of imidazole rings is 1. The van der Waals surface area contributed by atoms with Crippen molar-refractivity contribution in [3.05, 3.63) is 134 Å². The zero-order chi connectivity index (χ0) is 27.3. The maximum atomic E-state index is 5.10. The van der Waals surface area contributed by atoms with E-state index in [0.717, 1.165) is 61.7 Å². The summed E-state index contributed by atoms with van der Waals surface area (Å²) in [4.78, 5) is 14.5. The molecule has 0 spiro atoms. The SMILES string of the molecule is Cn1c(-c2cc3c(cc2-c2ccccn2)c2ccccc2n3-c2cccc(-c3ccccn3)c2)nc2ccccc21. The van der Waals surface area contributed by atoms with E-state index >= 15 is 0 Å². The second-order valence-corrected chi connectivity index (χ2v) is 10.2. The maximum absolute atomic E-state index is 5.10. The van der Waals surface area contributed by atoms with Gasteiger partial charge in [0.2, 0.25) is 0 Å². The zero-order valence-electron chi connectivity index (χ0n) is 22.4. The predicted octanol–water partition coefficient (Wildman–Crippen LogP) is 8.46. The fourth-order valence-corrected chi connectivity index (χ4v) is 5.94. The van der Waals surface area contributed by atoms with Crippen LogP contribution in [0, 0.1) is 0 Å². The summed E-state index contributed by atoms with van der Waals surface area (Å²) in [6.45, 7) is 0. The van der Waals surface area contributed by atoms with Crippen molar-refractivity contribution in [1.29, 1.82) is 0 Å². The molecule has 5 heteroatoms. The molecule has 0 bridgehead atoms. The summed E-state index contributed by atoms with van der Waals surface area (Å²) in [6.07, 6.45) is 3.69. The normalized spacial score (nSPS) is 11.5. The largest absolute Gasteiger partial charge is 0.327 e. The van der Waals surface area contributed by atoms with Gasteiger partial charge >= 0.3 is 0 Å². The van der Waals surface area contributed by atoms with E-state index in [0.29, 0.717) is 0 Å². The number of aryl methyl sites for hydroxylation is 1. The van der Waals surface area contributed by atoms with Gasteiger partial charge in [0.15, 0.2) is 0 Å². The number of aromatic nitrogens is 5. The third-order valence-corrected chi connectivity index (χ3v) is 7.85. The summed E-state index contributed by atoms with van der Waals surface area (Å²) in [7, 11) is 2.09. The minimum Gasteiger partial charge on any atom is -0.327 e. The van der Waals surface area contributed by atoms with Crippen LogP contribution in [0.25, 0.3) is 72.4 Å². The third kappa shape index (κ3) is 3.74. The van der Waals surface area contributed by atoms with Crippen molar-refractivity contribution in [1.82, 2.24) is 24.1 Å². The summed E-state index contributed by atoms with van der Waals surface area (Å²) in [5, 5.41) is 2.37. The van der Waals surface area contributed by atoms with Crippen LogP contribution in [0.3, 0.4) is 0 Å². The summed E-state index contributed by atoms with van der Waals surface area (Å²) in [5.41, 5.74) is 10.5. The van der Waals surface area contributed by atoms with Crippen LogP contribution in [0.2, 0.25) is 0 Å². The van der Waals surface area contributed by atoms with Gasteiger partial charge in [-0.05, 0) is 66.7 Å². The van der Waals surface area contributed by atoms with E-state index in [1.807, 2.05) is 48.8 Å². The number of fused-ring (bicyclic) bond motifs is 4. The van der Waals surface area contributed by atoms with Gasteiger partial charge in [-0.1, -0.05) is 54.6 Å². The monoisotopic (exact) mass is 527 g/mol. The van der Waals surface area contributed by atoms with Crippen molar-refractivity contribution in [2.24, 2.45) is 7.05 Å². The van der Waals surface area contributed by atoms with Gasteiger partial charge in [0.25, 0.3) is 0 Å². The Morgan fingerprint density at radius 1 is 0.537 bits per heavy atom. The van der Waals surface area contributed by atoms with E-state index in [1.54, 1.807) is 0 Å². The van der Waals surface area contributed by atoms with Crippen LogP contribution in [0.15, 0.2) is 134 Å². The Balaban J connectivity index is 1.47. The third-order valence-electron chi connectivity index (χ3n) is 7.85. The highest BCUT2D eigenvalue weighted by Gasteiger charge is 2.21. The molecule has 5 nitrogen and oxygen atoms in total. The highest BCUT2D eigenvalue weighted by molar-refractivity contribution is 6.12. The van der Waals surface area contributed by atoms with Crippen LogP contribution in [0.5, 0.6) is 0 Å². The number of rotatable bonds is 4. The lowest BCUT2D eigenvalue weighted by Crippen LogP contribution is -1.98. The number of hydrogen-bond donors (Lipinski definition) is 0. The van der Waals surface area contributed by atoms with E-state index in [-0.39, 0.29) is 0 Å². The Hall–Kier alpha value is -5.55. The van der Waals surface area contributed by atoms with E-state index in [2.05, 4.69) is 106 Å². The minimum absolute atomic E-state index is 0.910. The molecule has 0 atom stereocenters. The fraction of sp³-hybridized carbons (Fsp3) is 0.0278. The molecule has 0 saturated heterocycles. The molecule has 8 rings (SSSR count). The molecule has 4 heterocycles. The number of pyridine rings is 2. The first-order valence-electron chi connectivity index (χ1n) is 13.7. The van der Waals surface area contributed by atoms with E-state index in [1.165, 1.54) is 10.8 Å². The maximum Gasteiger partial charge on any atom is 0.141 e. The van der Waals surface area contributed by atoms with Crippen LogP contribution >= 0.6 is 0 Å². The highest BCUT2D eigenvalue weighted by atomic mass is 15.1. The van der Waals surface area contributed by atoms with Crippen LogP contribution in [0.1, 0.15) is 0 Å². The summed E-state index contributed by atoms with van der Waals surface area (Å²) < 4.78 is 4.53. The summed E-state index contributed by atoms with van der Waals surface area (Å²) in [6, 6.07) is 42.1. The zero-order valence-corrected chi connectivity index (χ0v) is 22.4. The van der Waals surface area contributed by atoms with Crippen molar-refractivity contribution in [3.8, 4) is 39.6 Å². The first-order chi connectivity index (χ1) is 20.3. The smallest absolute Gasteiger partial charge is 0.141 e. The quantitative estimate of drug-likeness (QED) is 0.231. The summed E-state index contributed by atoms with van der Waals surface area (Å²) >= 11 is 0. The Morgan fingerprint density at radius 3 is 2.05 bits per heavy atom. The molecule has 4 aromatic carbocycles. The molecule has 41 heavy (non-hydrogen) atoms. The standard InChI is InChI=1S/C36H25N5/c1-40-34-18-5-3-16-32(34)39-36(40)29-23-35-28(22-27(29)31-15-7-9-20-38-31)26-13-2-4-17-33(26)41(35)25-12-10-11-24(21-25)30-14-6-8-19-37-30/h2-23H,1H3. The van der Waals surface area contributed by atoms with Crippen molar-refractivity contribution in [2.75, 3.05) is 0 Å².